The highest BCUT2D eigenvalue weighted by molar-refractivity contribution is 9.10. The van der Waals surface area contributed by atoms with Crippen molar-refractivity contribution in [1.29, 1.82) is 0 Å². The van der Waals surface area contributed by atoms with Crippen LogP contribution in [0.3, 0.4) is 0 Å². The number of pyridine rings is 2. The molecule has 2 aromatic heterocycles. The van der Waals surface area contributed by atoms with Gasteiger partial charge in [-0.05, 0) is 12.1 Å². The molecular formula is C8H4BrClN2. The normalized spacial score (nSPS) is 10.5. The first kappa shape index (κ1) is 7.95. The summed E-state index contributed by atoms with van der Waals surface area (Å²) < 4.78 is 0.983. The Labute approximate surface area is 82.7 Å². The molecule has 0 atom stereocenters. The van der Waals surface area contributed by atoms with Crippen molar-refractivity contribution < 1.29 is 0 Å². The van der Waals surface area contributed by atoms with Gasteiger partial charge in [-0.2, -0.15) is 0 Å². The van der Waals surface area contributed by atoms with Crippen LogP contribution in [0.25, 0.3) is 10.9 Å². The summed E-state index contributed by atoms with van der Waals surface area (Å²) >= 11 is 9.24. The molecule has 4 heteroatoms. The van der Waals surface area contributed by atoms with Crippen molar-refractivity contribution in [2.75, 3.05) is 0 Å². The highest BCUT2D eigenvalue weighted by atomic mass is 79.9. The van der Waals surface area contributed by atoms with Crippen molar-refractivity contribution in [3.8, 4) is 0 Å². The summed E-state index contributed by atoms with van der Waals surface area (Å²) in [6.45, 7) is 0. The zero-order chi connectivity index (χ0) is 8.55. The zero-order valence-corrected chi connectivity index (χ0v) is 8.30. The molecule has 12 heavy (non-hydrogen) atoms. The van der Waals surface area contributed by atoms with E-state index < -0.39 is 0 Å². The molecule has 2 nitrogen and oxygen atoms in total. The van der Waals surface area contributed by atoms with E-state index in [1.165, 1.54) is 0 Å². The van der Waals surface area contributed by atoms with Crippen LogP contribution in [0, 0.1) is 0 Å². The van der Waals surface area contributed by atoms with Crippen molar-refractivity contribution in [2.24, 2.45) is 0 Å². The largest absolute Gasteiger partial charge is 0.253 e. The van der Waals surface area contributed by atoms with E-state index in [-0.39, 0.29) is 0 Å². The topological polar surface area (TPSA) is 25.8 Å². The zero-order valence-electron chi connectivity index (χ0n) is 5.96. The molecule has 0 N–H and O–H groups in total. The molecule has 0 bridgehead atoms. The number of hydrogen-bond donors (Lipinski definition) is 0. The second-order valence-corrected chi connectivity index (χ2v) is 3.50. The molecule has 2 aromatic rings. The summed E-state index contributed by atoms with van der Waals surface area (Å²) in [6, 6.07) is 3.75. The Balaban J connectivity index is 2.94. The summed E-state index contributed by atoms with van der Waals surface area (Å²) in [5.41, 5.74) is 0.730. The molecule has 60 valence electrons. The molecule has 0 aromatic carbocycles. The lowest BCUT2D eigenvalue weighted by Crippen LogP contribution is -1.82. The minimum Gasteiger partial charge on any atom is -0.253 e. The standard InChI is InChI=1S/C8H4BrClN2/c9-6-2-4-11-7-5(6)1-3-12-8(7)10/h1-4H. The molecule has 0 aliphatic rings. The lowest BCUT2D eigenvalue weighted by atomic mass is 10.3. The van der Waals surface area contributed by atoms with E-state index in [1.807, 2.05) is 12.1 Å². The van der Waals surface area contributed by atoms with Crippen LogP contribution in [0.2, 0.25) is 5.15 Å². The summed E-state index contributed by atoms with van der Waals surface area (Å²) in [6.07, 6.45) is 3.36. The molecule has 0 fully saturated rings. The summed E-state index contributed by atoms with van der Waals surface area (Å²) in [7, 11) is 0. The minimum atomic E-state index is 0.439. The highest BCUT2D eigenvalue weighted by Crippen LogP contribution is 2.24. The fourth-order valence-electron chi connectivity index (χ4n) is 1.01. The summed E-state index contributed by atoms with van der Waals surface area (Å²) in [5.74, 6) is 0. The van der Waals surface area contributed by atoms with Gasteiger partial charge in [0.15, 0.2) is 5.15 Å². The fraction of sp³-hybridized carbons (Fsp3) is 0. The molecule has 0 aliphatic carbocycles. The third-order valence-electron chi connectivity index (χ3n) is 1.56. The summed E-state index contributed by atoms with van der Waals surface area (Å²) in [4.78, 5) is 8.05. The fourth-order valence-corrected chi connectivity index (χ4v) is 1.66. The number of hydrogen-bond acceptors (Lipinski definition) is 2. The first-order valence-electron chi connectivity index (χ1n) is 3.34. The van der Waals surface area contributed by atoms with E-state index in [4.69, 9.17) is 11.6 Å². The van der Waals surface area contributed by atoms with Crippen molar-refractivity contribution in [3.63, 3.8) is 0 Å². The summed E-state index contributed by atoms with van der Waals surface area (Å²) in [5, 5.41) is 1.42. The van der Waals surface area contributed by atoms with Gasteiger partial charge in [0.25, 0.3) is 0 Å². The van der Waals surface area contributed by atoms with Crippen LogP contribution in [-0.4, -0.2) is 9.97 Å². The maximum absolute atomic E-state index is 5.83. The van der Waals surface area contributed by atoms with Crippen LogP contribution in [-0.2, 0) is 0 Å². The van der Waals surface area contributed by atoms with Gasteiger partial charge in [-0.1, -0.05) is 27.5 Å². The molecule has 0 saturated heterocycles. The van der Waals surface area contributed by atoms with Crippen molar-refractivity contribution in [3.05, 3.63) is 34.2 Å². The first-order valence-corrected chi connectivity index (χ1v) is 4.51. The minimum absolute atomic E-state index is 0.439. The van der Waals surface area contributed by atoms with Crippen LogP contribution in [0.1, 0.15) is 0 Å². The van der Waals surface area contributed by atoms with E-state index in [0.717, 1.165) is 15.4 Å². The molecule has 0 unspecified atom stereocenters. The van der Waals surface area contributed by atoms with Crippen LogP contribution in [0.15, 0.2) is 29.0 Å². The third-order valence-corrected chi connectivity index (χ3v) is 2.53. The number of aromatic nitrogens is 2. The number of rotatable bonds is 0. The maximum Gasteiger partial charge on any atom is 0.155 e. The Morgan fingerprint density at radius 3 is 2.67 bits per heavy atom. The SMILES string of the molecule is Clc1nccc2c(Br)ccnc12. The number of nitrogens with zero attached hydrogens (tertiary/aromatic N) is 2. The predicted octanol–water partition coefficient (Wildman–Crippen LogP) is 3.05. The molecule has 0 radical (unpaired) electrons. The van der Waals surface area contributed by atoms with Crippen LogP contribution in [0.5, 0.6) is 0 Å². The van der Waals surface area contributed by atoms with Crippen LogP contribution >= 0.6 is 27.5 Å². The molecule has 2 heterocycles. The second-order valence-electron chi connectivity index (χ2n) is 2.29. The average Bonchev–Trinajstić information content (AvgIpc) is 2.07. The molecule has 0 amide bonds. The predicted molar refractivity (Wildman–Crippen MR) is 52.2 cm³/mol. The Bertz CT molecular complexity index is 389. The van der Waals surface area contributed by atoms with Crippen molar-refractivity contribution in [2.45, 2.75) is 0 Å². The third kappa shape index (κ3) is 1.19. The molecule has 0 aliphatic heterocycles. The Kier molecular flexibility index (Phi) is 1.98. The van der Waals surface area contributed by atoms with Gasteiger partial charge in [0.1, 0.15) is 5.52 Å². The lowest BCUT2D eigenvalue weighted by Gasteiger charge is -1.99. The molecular weight excluding hydrogens is 239 g/mol. The quantitative estimate of drug-likeness (QED) is 0.665. The van der Waals surface area contributed by atoms with Gasteiger partial charge >= 0.3 is 0 Å². The molecule has 2 rings (SSSR count). The van der Waals surface area contributed by atoms with Crippen LogP contribution < -0.4 is 0 Å². The van der Waals surface area contributed by atoms with Gasteiger partial charge in [0.05, 0.1) is 0 Å². The smallest absolute Gasteiger partial charge is 0.155 e. The molecule has 0 spiro atoms. The number of halogens is 2. The Morgan fingerprint density at radius 1 is 1.17 bits per heavy atom. The van der Waals surface area contributed by atoms with E-state index >= 15 is 0 Å². The van der Waals surface area contributed by atoms with Crippen LogP contribution in [0.4, 0.5) is 0 Å². The van der Waals surface area contributed by atoms with E-state index in [0.29, 0.717) is 5.15 Å². The van der Waals surface area contributed by atoms with E-state index in [9.17, 15) is 0 Å². The monoisotopic (exact) mass is 242 g/mol. The Hall–Kier alpha value is -0.670. The highest BCUT2D eigenvalue weighted by Gasteiger charge is 2.02. The maximum atomic E-state index is 5.83. The van der Waals surface area contributed by atoms with Gasteiger partial charge < -0.3 is 0 Å². The van der Waals surface area contributed by atoms with E-state index in [1.54, 1.807) is 12.4 Å². The molecule has 0 saturated carbocycles. The average molecular weight is 243 g/mol. The van der Waals surface area contributed by atoms with Crippen molar-refractivity contribution >= 4 is 38.4 Å². The van der Waals surface area contributed by atoms with Gasteiger partial charge in [-0.15, -0.1) is 0 Å². The van der Waals surface area contributed by atoms with Crippen molar-refractivity contribution in [1.82, 2.24) is 9.97 Å². The lowest BCUT2D eigenvalue weighted by molar-refractivity contribution is 1.31. The van der Waals surface area contributed by atoms with Gasteiger partial charge in [-0.3, -0.25) is 4.98 Å². The van der Waals surface area contributed by atoms with Gasteiger partial charge in [0, 0.05) is 22.3 Å². The Morgan fingerprint density at radius 2 is 1.92 bits per heavy atom. The number of fused-ring (bicyclic) bond motifs is 1. The first-order chi connectivity index (χ1) is 5.79. The second kappa shape index (κ2) is 2.99. The van der Waals surface area contributed by atoms with Gasteiger partial charge in [0.2, 0.25) is 0 Å². The van der Waals surface area contributed by atoms with Gasteiger partial charge in [-0.25, -0.2) is 4.98 Å². The van der Waals surface area contributed by atoms with E-state index in [2.05, 4.69) is 25.9 Å².